The molecule has 0 N–H and O–H groups in total. The summed E-state index contributed by atoms with van der Waals surface area (Å²) in [6.07, 6.45) is 0. The molecule has 7 heteroatoms. The summed E-state index contributed by atoms with van der Waals surface area (Å²) in [5.74, 6) is 0. The van der Waals surface area contributed by atoms with E-state index in [1.165, 1.54) is 0 Å². The molecule has 0 fully saturated rings. The molecule has 0 aliphatic heterocycles. The highest BCUT2D eigenvalue weighted by molar-refractivity contribution is 15.0. The molecule has 0 saturated heterocycles. The molecule has 0 rings (SSSR count). The summed E-state index contributed by atoms with van der Waals surface area (Å²) in [7, 11) is -4.72. The van der Waals surface area contributed by atoms with Gasteiger partial charge in [0, 0.05) is 37.2 Å². The fraction of sp³-hybridized carbons (Fsp3) is 1.00. The van der Waals surface area contributed by atoms with Crippen LogP contribution in [0.5, 0.6) is 0 Å². The van der Waals surface area contributed by atoms with Crippen molar-refractivity contribution < 1.29 is 8.23 Å². The zero-order valence-electron chi connectivity index (χ0n) is 11.1. The molecule has 0 bridgehead atoms. The van der Waals surface area contributed by atoms with Gasteiger partial charge in [0.15, 0.2) is 16.6 Å². The zero-order chi connectivity index (χ0) is 12.9. The van der Waals surface area contributed by atoms with Crippen LogP contribution in [0.25, 0.3) is 0 Å². The van der Waals surface area contributed by atoms with Crippen LogP contribution in [0.1, 0.15) is 14.9 Å². The standard InChI is InChI=1S/C8H24O2Si3.2CH4.I2/c1-11(2,3)9-13(7,8)10-12(4,5)6;;;1-2/h1-8H3;2*1H4;. The molecule has 0 spiro atoms. The van der Waals surface area contributed by atoms with Crippen molar-refractivity contribution in [3.05, 3.63) is 0 Å². The van der Waals surface area contributed by atoms with Crippen LogP contribution in [0.15, 0.2) is 0 Å². The van der Waals surface area contributed by atoms with Gasteiger partial charge in [-0.2, -0.15) is 0 Å². The lowest BCUT2D eigenvalue weighted by Gasteiger charge is -2.35. The maximum Gasteiger partial charge on any atom is 0.311 e. The van der Waals surface area contributed by atoms with E-state index in [4.69, 9.17) is 8.23 Å². The first kappa shape index (κ1) is 27.4. The summed E-state index contributed by atoms with van der Waals surface area (Å²) in [6, 6.07) is 0. The van der Waals surface area contributed by atoms with E-state index in [-0.39, 0.29) is 14.9 Å². The quantitative estimate of drug-likeness (QED) is 0.313. The van der Waals surface area contributed by atoms with Gasteiger partial charge in [-0.25, -0.2) is 0 Å². The van der Waals surface area contributed by atoms with Crippen molar-refractivity contribution in [2.45, 2.75) is 67.2 Å². The van der Waals surface area contributed by atoms with Gasteiger partial charge in [0.2, 0.25) is 0 Å². The number of halogens is 2. The van der Waals surface area contributed by atoms with Gasteiger partial charge in [0.05, 0.1) is 0 Å². The minimum absolute atomic E-state index is 0. The summed E-state index contributed by atoms with van der Waals surface area (Å²) in [5, 5.41) is 0. The van der Waals surface area contributed by atoms with E-state index in [1.807, 2.05) is 0 Å². The first-order valence-electron chi connectivity index (χ1n) is 4.96. The number of rotatable bonds is 4. The van der Waals surface area contributed by atoms with Crippen molar-refractivity contribution in [3.63, 3.8) is 0 Å². The Morgan fingerprint density at radius 1 is 0.588 bits per heavy atom. The van der Waals surface area contributed by atoms with Crippen LogP contribution in [-0.2, 0) is 8.23 Å². The SMILES string of the molecule is C.C.C[Si](C)(C)O[Si](C)(C)O[Si](C)(C)C.II. The third-order valence-corrected chi connectivity index (χ3v) is 9.94. The second-order valence-corrected chi connectivity index (χ2v) is 18.7. The minimum Gasteiger partial charge on any atom is -0.437 e. The highest BCUT2D eigenvalue weighted by Gasteiger charge is 2.35. The molecule has 2 nitrogen and oxygen atoms in total. The summed E-state index contributed by atoms with van der Waals surface area (Å²) in [4.78, 5) is 0. The predicted molar refractivity (Wildman–Crippen MR) is 108 cm³/mol. The van der Waals surface area contributed by atoms with Crippen LogP contribution in [0, 0.1) is 0 Å². The van der Waals surface area contributed by atoms with Crippen LogP contribution < -0.4 is 0 Å². The predicted octanol–water partition coefficient (Wildman–Crippen LogP) is 6.43. The molecule has 0 heterocycles. The fourth-order valence-corrected chi connectivity index (χ4v) is 13.8. The number of hydrogen-bond donors (Lipinski definition) is 0. The van der Waals surface area contributed by atoms with Crippen LogP contribution in [0.4, 0.5) is 0 Å². The minimum atomic E-state index is -1.85. The monoisotopic (exact) mass is 522 g/mol. The van der Waals surface area contributed by atoms with Crippen molar-refractivity contribution in [2.24, 2.45) is 0 Å². The van der Waals surface area contributed by atoms with Gasteiger partial charge in [0.25, 0.3) is 0 Å². The van der Waals surface area contributed by atoms with Gasteiger partial charge >= 0.3 is 8.56 Å². The molecule has 0 saturated carbocycles. The molecule has 0 unspecified atom stereocenters. The topological polar surface area (TPSA) is 18.5 Å². The molecule has 0 amide bonds. The number of hydrogen-bond acceptors (Lipinski definition) is 2. The van der Waals surface area contributed by atoms with Crippen molar-refractivity contribution >= 4 is 62.4 Å². The Labute approximate surface area is 136 Å². The highest BCUT2D eigenvalue weighted by atomic mass is 128. The van der Waals surface area contributed by atoms with Gasteiger partial charge in [-0.1, -0.05) is 14.9 Å². The Balaban J connectivity index is -0.000000199. The Bertz CT molecular complexity index is 159. The Morgan fingerprint density at radius 3 is 0.882 bits per heavy atom. The molecule has 0 aliphatic carbocycles. The van der Waals surface area contributed by atoms with E-state index in [0.717, 1.165) is 0 Å². The largest absolute Gasteiger partial charge is 0.437 e. The lowest BCUT2D eigenvalue weighted by Crippen LogP contribution is -2.50. The summed E-state index contributed by atoms with van der Waals surface area (Å²) < 4.78 is 12.2. The lowest BCUT2D eigenvalue weighted by atomic mass is 11.8. The molecule has 0 radical (unpaired) electrons. The van der Waals surface area contributed by atoms with Crippen molar-refractivity contribution in [3.8, 4) is 0 Å². The van der Waals surface area contributed by atoms with Crippen molar-refractivity contribution in [2.75, 3.05) is 0 Å². The molecule has 0 aliphatic rings. The smallest absolute Gasteiger partial charge is 0.311 e. The van der Waals surface area contributed by atoms with Crippen LogP contribution in [0.2, 0.25) is 52.4 Å². The normalized spacial score (nSPS) is 11.6. The maximum absolute atomic E-state index is 6.09. The van der Waals surface area contributed by atoms with Gasteiger partial charge in [-0.3, -0.25) is 0 Å². The van der Waals surface area contributed by atoms with E-state index in [1.54, 1.807) is 0 Å². The molecule has 0 aromatic rings. The first-order chi connectivity index (χ1) is 6.41. The lowest BCUT2D eigenvalue weighted by molar-refractivity contribution is 0.395. The van der Waals surface area contributed by atoms with Gasteiger partial charge < -0.3 is 8.23 Å². The van der Waals surface area contributed by atoms with E-state index in [2.05, 4.69) is 89.6 Å². The van der Waals surface area contributed by atoms with E-state index < -0.39 is 25.2 Å². The van der Waals surface area contributed by atoms with Crippen LogP contribution >= 0.6 is 37.2 Å². The Morgan fingerprint density at radius 2 is 0.765 bits per heavy atom. The highest BCUT2D eigenvalue weighted by Crippen LogP contribution is 2.19. The molecular formula is C10H32I2O2Si3. The fourth-order valence-electron chi connectivity index (χ4n) is 1.50. The van der Waals surface area contributed by atoms with Gasteiger partial charge in [-0.15, -0.1) is 0 Å². The average Bonchev–Trinajstić information content (AvgIpc) is 1.79. The molecule has 0 aromatic carbocycles. The molecule has 110 valence electrons. The zero-order valence-corrected chi connectivity index (χ0v) is 18.4. The maximum atomic E-state index is 6.09. The van der Waals surface area contributed by atoms with E-state index >= 15 is 0 Å². The van der Waals surface area contributed by atoms with Crippen LogP contribution in [-0.4, -0.2) is 25.2 Å². The molecule has 17 heavy (non-hydrogen) atoms. The van der Waals surface area contributed by atoms with Crippen molar-refractivity contribution in [1.82, 2.24) is 0 Å². The van der Waals surface area contributed by atoms with Gasteiger partial charge in [0.1, 0.15) is 0 Å². The third kappa shape index (κ3) is 23.5. The van der Waals surface area contributed by atoms with Crippen molar-refractivity contribution in [1.29, 1.82) is 0 Å². The molecule has 0 atom stereocenters. The average molecular weight is 522 g/mol. The summed E-state index contributed by atoms with van der Waals surface area (Å²) >= 11 is 4.24. The second-order valence-electron chi connectivity index (χ2n) is 5.83. The first-order valence-corrected chi connectivity index (χ1v) is 20.9. The van der Waals surface area contributed by atoms with Crippen LogP contribution in [0.3, 0.4) is 0 Å². The summed E-state index contributed by atoms with van der Waals surface area (Å²) in [6.45, 7) is 17.6. The Hall–Kier alpha value is 2.03. The van der Waals surface area contributed by atoms with Gasteiger partial charge in [-0.05, 0) is 52.4 Å². The van der Waals surface area contributed by atoms with E-state index in [0.29, 0.717) is 0 Å². The third-order valence-electron chi connectivity index (χ3n) is 1.10. The van der Waals surface area contributed by atoms with E-state index in [9.17, 15) is 0 Å². The Kier molecular flexibility index (Phi) is 17.4. The second kappa shape index (κ2) is 10.8. The summed E-state index contributed by atoms with van der Waals surface area (Å²) in [5.41, 5.74) is 0. The molecular weight excluding hydrogens is 490 g/mol. The molecule has 0 aromatic heterocycles.